The zero-order valence-electron chi connectivity index (χ0n) is 9.32. The molecule has 1 aromatic carbocycles. The van der Waals surface area contributed by atoms with E-state index in [0.717, 1.165) is 11.3 Å². The average Bonchev–Trinajstić information content (AvgIpc) is 2.28. The summed E-state index contributed by atoms with van der Waals surface area (Å²) in [6.07, 6.45) is 2.23. The fraction of sp³-hybridized carbons (Fsp3) is 0.333. The molecular weight excluding hydrogens is 206 g/mol. The second-order valence-corrected chi connectivity index (χ2v) is 3.42. The smallest absolute Gasteiger partial charge is 0.223 e. The van der Waals surface area contributed by atoms with Crippen LogP contribution in [0.25, 0.3) is 0 Å². The fourth-order valence-corrected chi connectivity index (χ4v) is 1.36. The first-order chi connectivity index (χ1) is 7.65. The van der Waals surface area contributed by atoms with E-state index in [9.17, 15) is 9.59 Å². The van der Waals surface area contributed by atoms with Crippen molar-refractivity contribution in [2.45, 2.75) is 19.4 Å². The Kier molecular flexibility index (Phi) is 4.51. The molecule has 0 aliphatic carbocycles. The highest BCUT2D eigenvalue weighted by molar-refractivity contribution is 5.77. The van der Waals surface area contributed by atoms with Crippen LogP contribution in [0.2, 0.25) is 0 Å². The zero-order valence-corrected chi connectivity index (χ0v) is 9.32. The molecule has 0 saturated carbocycles. The number of carbonyl (C=O) groups excluding carboxylic acids is 2. The van der Waals surface area contributed by atoms with Crippen molar-refractivity contribution >= 4 is 12.2 Å². The van der Waals surface area contributed by atoms with E-state index in [0.29, 0.717) is 6.42 Å². The predicted octanol–water partition coefficient (Wildman–Crippen LogP) is 0.852. The van der Waals surface area contributed by atoms with Crippen molar-refractivity contribution < 1.29 is 14.3 Å². The molecule has 0 aliphatic rings. The minimum Gasteiger partial charge on any atom is -0.497 e. The second kappa shape index (κ2) is 5.90. The Balaban J connectivity index is 2.63. The minimum absolute atomic E-state index is 0.234. The monoisotopic (exact) mass is 220 g/mol. The van der Waals surface area contributed by atoms with Crippen LogP contribution in [0.4, 0.5) is 0 Å². The summed E-state index contributed by atoms with van der Waals surface area (Å²) in [4.78, 5) is 21.4. The summed E-state index contributed by atoms with van der Waals surface area (Å²) >= 11 is 0. The Bertz CT molecular complexity index is 359. The minimum atomic E-state index is -0.592. The highest BCUT2D eigenvalue weighted by Crippen LogP contribution is 2.12. The van der Waals surface area contributed by atoms with Gasteiger partial charge in [0, 0.05) is 13.3 Å². The lowest BCUT2D eigenvalue weighted by molar-refractivity contribution is -0.119. The maximum Gasteiger partial charge on any atom is 0.223 e. The molecule has 1 N–H and O–H groups in total. The number of methoxy groups -OCH3 is 1. The molecular formula is C12H14NO3. The molecule has 1 aromatic rings. The topological polar surface area (TPSA) is 55.4 Å². The molecule has 0 fully saturated rings. The summed E-state index contributed by atoms with van der Waals surface area (Å²) in [5, 5.41) is 2.51. The van der Waals surface area contributed by atoms with Gasteiger partial charge in [0.15, 0.2) is 0 Å². The molecule has 0 saturated heterocycles. The van der Waals surface area contributed by atoms with Crippen molar-refractivity contribution in [3.05, 3.63) is 29.8 Å². The number of amides is 1. The lowest BCUT2D eigenvalue weighted by Gasteiger charge is -2.10. The van der Waals surface area contributed by atoms with Gasteiger partial charge in [-0.25, -0.2) is 0 Å². The first-order valence-corrected chi connectivity index (χ1v) is 4.93. The molecule has 0 unspecified atom stereocenters. The average molecular weight is 220 g/mol. The van der Waals surface area contributed by atoms with Crippen LogP contribution in [-0.4, -0.2) is 25.3 Å². The lowest BCUT2D eigenvalue weighted by atomic mass is 10.1. The Hall–Kier alpha value is -1.84. The molecule has 0 spiro atoms. The molecule has 1 radical (unpaired) electrons. The molecule has 0 heterocycles. The van der Waals surface area contributed by atoms with E-state index in [2.05, 4.69) is 5.32 Å². The van der Waals surface area contributed by atoms with E-state index in [-0.39, 0.29) is 5.91 Å². The van der Waals surface area contributed by atoms with Gasteiger partial charge in [-0.1, -0.05) is 12.1 Å². The standard InChI is InChI=1S/C12H14NO3/c1-9(15)13-11(8-14)7-10-3-5-12(16-2)6-4-10/h3-6,11H,7H2,1-2H3,(H,13,15)/t11-/m1/s1. The van der Waals surface area contributed by atoms with Gasteiger partial charge in [-0.2, -0.15) is 0 Å². The largest absolute Gasteiger partial charge is 0.497 e. The maximum atomic E-state index is 10.8. The van der Waals surface area contributed by atoms with E-state index in [1.54, 1.807) is 13.4 Å². The number of hydrogen-bond acceptors (Lipinski definition) is 3. The molecule has 0 bridgehead atoms. The SMILES string of the molecule is COc1ccc(C[C@H]([C]=O)NC(C)=O)cc1. The quantitative estimate of drug-likeness (QED) is 0.800. The van der Waals surface area contributed by atoms with Gasteiger partial charge in [0.05, 0.1) is 13.2 Å². The van der Waals surface area contributed by atoms with Crippen LogP contribution in [0.15, 0.2) is 24.3 Å². The summed E-state index contributed by atoms with van der Waals surface area (Å²) < 4.78 is 5.02. The Morgan fingerprint density at radius 2 is 2.06 bits per heavy atom. The van der Waals surface area contributed by atoms with Crippen LogP contribution in [0.1, 0.15) is 12.5 Å². The number of benzene rings is 1. The van der Waals surface area contributed by atoms with E-state index in [1.165, 1.54) is 6.92 Å². The maximum absolute atomic E-state index is 10.8. The van der Waals surface area contributed by atoms with Gasteiger partial charge in [0.25, 0.3) is 0 Å². The van der Waals surface area contributed by atoms with Crippen molar-refractivity contribution in [3.63, 3.8) is 0 Å². The third kappa shape index (κ3) is 3.73. The Morgan fingerprint density at radius 3 is 2.50 bits per heavy atom. The van der Waals surface area contributed by atoms with Gasteiger partial charge in [-0.05, 0) is 17.7 Å². The van der Waals surface area contributed by atoms with E-state index in [4.69, 9.17) is 4.74 Å². The third-order valence-electron chi connectivity index (χ3n) is 2.12. The zero-order chi connectivity index (χ0) is 12.0. The number of nitrogens with one attached hydrogen (secondary N) is 1. The second-order valence-electron chi connectivity index (χ2n) is 3.42. The Morgan fingerprint density at radius 1 is 1.44 bits per heavy atom. The van der Waals surface area contributed by atoms with Gasteiger partial charge >= 0.3 is 0 Å². The number of ether oxygens (including phenoxy) is 1. The molecule has 1 rings (SSSR count). The molecule has 4 heteroatoms. The molecule has 0 aromatic heterocycles. The van der Waals surface area contributed by atoms with Gasteiger partial charge < -0.3 is 10.1 Å². The summed E-state index contributed by atoms with van der Waals surface area (Å²) in [6.45, 7) is 1.37. The highest BCUT2D eigenvalue weighted by atomic mass is 16.5. The van der Waals surface area contributed by atoms with Gasteiger partial charge in [-0.15, -0.1) is 0 Å². The van der Waals surface area contributed by atoms with Crippen LogP contribution < -0.4 is 10.1 Å². The fourth-order valence-electron chi connectivity index (χ4n) is 1.36. The van der Waals surface area contributed by atoms with Crippen LogP contribution >= 0.6 is 0 Å². The van der Waals surface area contributed by atoms with Crippen molar-refractivity contribution in [1.29, 1.82) is 0 Å². The third-order valence-corrected chi connectivity index (χ3v) is 2.12. The summed E-state index contributed by atoms with van der Waals surface area (Å²) in [5.74, 6) is 0.525. The predicted molar refractivity (Wildman–Crippen MR) is 60.0 cm³/mol. The van der Waals surface area contributed by atoms with Crippen molar-refractivity contribution in [1.82, 2.24) is 5.32 Å². The van der Waals surface area contributed by atoms with Crippen molar-refractivity contribution in [2.24, 2.45) is 0 Å². The molecule has 1 atom stereocenters. The van der Waals surface area contributed by atoms with Gasteiger partial charge in [0.2, 0.25) is 12.2 Å². The molecule has 1 amide bonds. The summed E-state index contributed by atoms with van der Waals surface area (Å²) in [7, 11) is 1.59. The molecule has 16 heavy (non-hydrogen) atoms. The van der Waals surface area contributed by atoms with Crippen LogP contribution in [0.3, 0.4) is 0 Å². The van der Waals surface area contributed by atoms with E-state index >= 15 is 0 Å². The summed E-state index contributed by atoms with van der Waals surface area (Å²) in [5.41, 5.74) is 0.947. The van der Waals surface area contributed by atoms with E-state index in [1.807, 2.05) is 24.3 Å². The van der Waals surface area contributed by atoms with E-state index < -0.39 is 6.04 Å². The molecule has 0 aliphatic heterocycles. The highest BCUT2D eigenvalue weighted by Gasteiger charge is 2.10. The van der Waals surface area contributed by atoms with Gasteiger partial charge in [-0.3, -0.25) is 9.59 Å². The van der Waals surface area contributed by atoms with Crippen molar-refractivity contribution in [2.75, 3.05) is 7.11 Å². The lowest BCUT2D eigenvalue weighted by Crippen LogP contribution is -2.35. The number of carbonyl (C=O) groups is 1. The van der Waals surface area contributed by atoms with Crippen molar-refractivity contribution in [3.8, 4) is 5.75 Å². The summed E-state index contributed by atoms with van der Waals surface area (Å²) in [6, 6.07) is 6.73. The number of rotatable bonds is 5. The Labute approximate surface area is 94.6 Å². The van der Waals surface area contributed by atoms with Gasteiger partial charge in [0.1, 0.15) is 5.75 Å². The first kappa shape index (κ1) is 12.2. The van der Waals surface area contributed by atoms with Crippen LogP contribution in [0, 0.1) is 0 Å². The first-order valence-electron chi connectivity index (χ1n) is 4.93. The number of hydrogen-bond donors (Lipinski definition) is 1. The van der Waals surface area contributed by atoms with Crippen LogP contribution in [-0.2, 0) is 16.0 Å². The molecule has 85 valence electrons. The van der Waals surface area contributed by atoms with Crippen LogP contribution in [0.5, 0.6) is 5.75 Å². The molecule has 4 nitrogen and oxygen atoms in total. The normalized spacial score (nSPS) is 11.6.